The molecule has 2 unspecified atom stereocenters. The fourth-order valence-electron chi connectivity index (χ4n) is 2.44. The van der Waals surface area contributed by atoms with Crippen LogP contribution in [0.4, 0.5) is 0 Å². The number of hydrogen-bond acceptors (Lipinski definition) is 2. The molecule has 2 atom stereocenters. The van der Waals surface area contributed by atoms with Crippen LogP contribution >= 0.6 is 0 Å². The van der Waals surface area contributed by atoms with Gasteiger partial charge in [-0.05, 0) is 37.5 Å². The van der Waals surface area contributed by atoms with Crippen LogP contribution in [0.25, 0.3) is 0 Å². The Morgan fingerprint density at radius 3 is 2.33 bits per heavy atom. The molecule has 2 aliphatic carbocycles. The highest BCUT2D eigenvalue weighted by Crippen LogP contribution is 2.36. The average Bonchev–Trinajstić information content (AvgIpc) is 2.83. The van der Waals surface area contributed by atoms with Gasteiger partial charge in [0, 0.05) is 16.6 Å². The van der Waals surface area contributed by atoms with Gasteiger partial charge >= 0.3 is 5.97 Å². The molecular weight excluding hydrogens is 212 g/mol. The zero-order valence-electron chi connectivity index (χ0n) is 8.85. The number of carboxylic acid groups (broad SMARTS) is 1. The van der Waals surface area contributed by atoms with Crippen molar-refractivity contribution in [2.24, 2.45) is 11.8 Å². The Kier molecular flexibility index (Phi) is 3.44. The second-order valence-electron chi connectivity index (χ2n) is 4.79. The quantitative estimate of drug-likeness (QED) is 0.783. The van der Waals surface area contributed by atoms with Gasteiger partial charge in [0.05, 0.1) is 0 Å². The maximum atomic E-state index is 12.0. The molecular formula is C11H18O3S. The predicted octanol–water partition coefficient (Wildman–Crippen LogP) is 1.79. The van der Waals surface area contributed by atoms with Crippen molar-refractivity contribution in [3.8, 4) is 0 Å². The maximum absolute atomic E-state index is 12.0. The first-order valence-corrected chi connectivity index (χ1v) is 7.16. The van der Waals surface area contributed by atoms with Crippen molar-refractivity contribution in [3.05, 3.63) is 0 Å². The Balaban J connectivity index is 1.89. The Bertz CT molecular complexity index is 267. The second kappa shape index (κ2) is 4.64. The Morgan fingerprint density at radius 2 is 1.87 bits per heavy atom. The standard InChI is InChI=1S/C11H18O3S/c12-11(13)10(9-5-6-9)15(14)7-8-3-1-2-4-8/h8-10H,1-7H2,(H,12,13). The molecule has 15 heavy (non-hydrogen) atoms. The van der Waals surface area contributed by atoms with Gasteiger partial charge < -0.3 is 5.11 Å². The van der Waals surface area contributed by atoms with Crippen LogP contribution in [0, 0.1) is 11.8 Å². The van der Waals surface area contributed by atoms with Gasteiger partial charge in [-0.2, -0.15) is 0 Å². The number of carbonyl (C=O) groups is 1. The largest absolute Gasteiger partial charge is 0.480 e. The zero-order chi connectivity index (χ0) is 10.8. The molecule has 2 fully saturated rings. The minimum atomic E-state index is -1.14. The molecule has 2 saturated carbocycles. The molecule has 1 N–H and O–H groups in total. The van der Waals surface area contributed by atoms with E-state index in [-0.39, 0.29) is 5.92 Å². The van der Waals surface area contributed by atoms with E-state index in [0.29, 0.717) is 11.7 Å². The molecule has 0 aromatic rings. The highest BCUT2D eigenvalue weighted by molar-refractivity contribution is 7.86. The smallest absolute Gasteiger partial charge is 0.319 e. The van der Waals surface area contributed by atoms with E-state index < -0.39 is 22.0 Å². The van der Waals surface area contributed by atoms with E-state index in [9.17, 15) is 9.00 Å². The molecule has 2 rings (SSSR count). The third kappa shape index (κ3) is 2.80. The van der Waals surface area contributed by atoms with Crippen molar-refractivity contribution in [2.45, 2.75) is 43.8 Å². The van der Waals surface area contributed by atoms with Crippen molar-refractivity contribution in [1.82, 2.24) is 0 Å². The number of hydrogen-bond donors (Lipinski definition) is 1. The average molecular weight is 230 g/mol. The fourth-order valence-corrected chi connectivity index (χ4v) is 4.37. The Labute approximate surface area is 92.7 Å². The van der Waals surface area contributed by atoms with Crippen LogP contribution in [0.15, 0.2) is 0 Å². The summed E-state index contributed by atoms with van der Waals surface area (Å²) >= 11 is 0. The molecule has 0 heterocycles. The summed E-state index contributed by atoms with van der Waals surface area (Å²) in [5.41, 5.74) is 0. The van der Waals surface area contributed by atoms with Crippen LogP contribution in [-0.4, -0.2) is 26.3 Å². The lowest BCUT2D eigenvalue weighted by Crippen LogP contribution is -2.31. The van der Waals surface area contributed by atoms with Crippen LogP contribution < -0.4 is 0 Å². The van der Waals surface area contributed by atoms with E-state index in [1.807, 2.05) is 0 Å². The normalized spacial score (nSPS) is 26.4. The van der Waals surface area contributed by atoms with E-state index in [0.717, 1.165) is 25.7 Å². The van der Waals surface area contributed by atoms with Gasteiger partial charge in [-0.15, -0.1) is 0 Å². The van der Waals surface area contributed by atoms with E-state index in [2.05, 4.69) is 0 Å². The number of rotatable bonds is 5. The van der Waals surface area contributed by atoms with Gasteiger partial charge in [-0.1, -0.05) is 12.8 Å². The molecule has 3 nitrogen and oxygen atoms in total. The highest BCUT2D eigenvalue weighted by Gasteiger charge is 2.41. The summed E-state index contributed by atoms with van der Waals surface area (Å²) in [4.78, 5) is 11.0. The maximum Gasteiger partial charge on any atom is 0.319 e. The molecule has 2 aliphatic rings. The van der Waals surface area contributed by atoms with E-state index in [1.165, 1.54) is 12.8 Å². The van der Waals surface area contributed by atoms with Crippen LogP contribution in [0.3, 0.4) is 0 Å². The van der Waals surface area contributed by atoms with Gasteiger partial charge in [0.25, 0.3) is 0 Å². The Hall–Kier alpha value is -0.380. The third-order valence-electron chi connectivity index (χ3n) is 3.45. The summed E-state index contributed by atoms with van der Waals surface area (Å²) < 4.78 is 12.0. The monoisotopic (exact) mass is 230 g/mol. The predicted molar refractivity (Wildman–Crippen MR) is 59.1 cm³/mol. The minimum absolute atomic E-state index is 0.199. The van der Waals surface area contributed by atoms with Gasteiger partial charge in [0.15, 0.2) is 0 Å². The van der Waals surface area contributed by atoms with Gasteiger partial charge in [0.2, 0.25) is 0 Å². The minimum Gasteiger partial charge on any atom is -0.480 e. The number of aliphatic carboxylic acids is 1. The van der Waals surface area contributed by atoms with Crippen LogP contribution in [0.1, 0.15) is 38.5 Å². The molecule has 4 heteroatoms. The van der Waals surface area contributed by atoms with Crippen molar-refractivity contribution < 1.29 is 14.1 Å². The summed E-state index contributed by atoms with van der Waals surface area (Å²) in [5, 5.41) is 8.46. The second-order valence-corrected chi connectivity index (χ2v) is 6.40. The summed E-state index contributed by atoms with van der Waals surface area (Å²) in [6.07, 6.45) is 6.64. The molecule has 0 aromatic carbocycles. The molecule has 0 bridgehead atoms. The molecule has 0 aliphatic heterocycles. The first kappa shape index (κ1) is 11.1. The molecule has 86 valence electrons. The lowest BCUT2D eigenvalue weighted by molar-refractivity contribution is -0.136. The van der Waals surface area contributed by atoms with Crippen LogP contribution in [0.2, 0.25) is 0 Å². The molecule has 0 saturated heterocycles. The topological polar surface area (TPSA) is 54.4 Å². The summed E-state index contributed by atoms with van der Waals surface area (Å²) in [5.74, 6) is 0.484. The van der Waals surface area contributed by atoms with Crippen LogP contribution in [0.5, 0.6) is 0 Å². The van der Waals surface area contributed by atoms with E-state index in [4.69, 9.17) is 5.11 Å². The first-order chi connectivity index (χ1) is 7.18. The Morgan fingerprint density at radius 1 is 1.27 bits per heavy atom. The highest BCUT2D eigenvalue weighted by atomic mass is 32.2. The molecule has 0 aromatic heterocycles. The van der Waals surface area contributed by atoms with Gasteiger partial charge in [-0.3, -0.25) is 9.00 Å². The van der Waals surface area contributed by atoms with Gasteiger partial charge in [-0.25, -0.2) is 0 Å². The first-order valence-electron chi connectivity index (χ1n) is 5.78. The summed E-state index contributed by atoms with van der Waals surface area (Å²) in [6.45, 7) is 0. The van der Waals surface area contributed by atoms with Crippen molar-refractivity contribution in [1.29, 1.82) is 0 Å². The van der Waals surface area contributed by atoms with Crippen molar-refractivity contribution >= 4 is 16.8 Å². The molecule has 0 spiro atoms. The number of carboxylic acids is 1. The van der Waals surface area contributed by atoms with Crippen molar-refractivity contribution in [2.75, 3.05) is 5.75 Å². The SMILES string of the molecule is O=C(O)C(C1CC1)S(=O)CC1CCCC1. The van der Waals surface area contributed by atoms with E-state index >= 15 is 0 Å². The van der Waals surface area contributed by atoms with Crippen LogP contribution in [-0.2, 0) is 15.6 Å². The van der Waals surface area contributed by atoms with E-state index in [1.54, 1.807) is 0 Å². The third-order valence-corrected chi connectivity index (χ3v) is 5.40. The lowest BCUT2D eigenvalue weighted by Gasteiger charge is -2.14. The van der Waals surface area contributed by atoms with Gasteiger partial charge in [0.1, 0.15) is 5.25 Å². The zero-order valence-corrected chi connectivity index (χ0v) is 9.67. The summed E-state index contributed by atoms with van der Waals surface area (Å²) in [7, 11) is -1.14. The summed E-state index contributed by atoms with van der Waals surface area (Å²) in [6, 6.07) is 0. The lowest BCUT2D eigenvalue weighted by atomic mass is 10.1. The molecule has 0 amide bonds. The fraction of sp³-hybridized carbons (Fsp3) is 0.909. The molecule has 0 radical (unpaired) electrons. The van der Waals surface area contributed by atoms with Crippen molar-refractivity contribution in [3.63, 3.8) is 0 Å².